The standard InChI is InChI=1S/C29H45N3O4/c1-6-7-12-32-29(34)21(4)15-26(33)25(30)18-24(20(2)3)16-23-8-9-27(35-5)28(17-23)36-19-22-10-13-31-14-11-22/h8-11,13-14,17,20-21,24-26,33H,6-7,12,15-16,18-19,30H2,1-5H3,(H,32,34)/t21-,24+,25+,26+/m1/s1. The number of nitrogens with two attached hydrogens (primary N) is 1. The van der Waals surface area contributed by atoms with Crippen LogP contribution >= 0.6 is 0 Å². The lowest BCUT2D eigenvalue weighted by atomic mass is 9.82. The maximum atomic E-state index is 12.3. The van der Waals surface area contributed by atoms with Crippen molar-refractivity contribution in [2.24, 2.45) is 23.5 Å². The Morgan fingerprint density at radius 1 is 1.08 bits per heavy atom. The van der Waals surface area contributed by atoms with Crippen molar-refractivity contribution >= 4 is 5.91 Å². The summed E-state index contributed by atoms with van der Waals surface area (Å²) in [6.45, 7) is 9.40. The van der Waals surface area contributed by atoms with E-state index in [2.05, 4.69) is 37.1 Å². The molecule has 2 rings (SSSR count). The second-order valence-corrected chi connectivity index (χ2v) is 10.1. The quantitative estimate of drug-likeness (QED) is 0.294. The van der Waals surface area contributed by atoms with Crippen molar-refractivity contribution in [1.82, 2.24) is 10.3 Å². The number of rotatable bonds is 16. The highest BCUT2D eigenvalue weighted by molar-refractivity contribution is 5.78. The van der Waals surface area contributed by atoms with E-state index in [1.54, 1.807) is 19.5 Å². The van der Waals surface area contributed by atoms with E-state index in [0.29, 0.717) is 43.4 Å². The molecule has 200 valence electrons. The minimum Gasteiger partial charge on any atom is -0.493 e. The Morgan fingerprint density at radius 3 is 2.44 bits per heavy atom. The van der Waals surface area contributed by atoms with E-state index in [1.165, 1.54) is 0 Å². The summed E-state index contributed by atoms with van der Waals surface area (Å²) in [5.41, 5.74) is 8.60. The van der Waals surface area contributed by atoms with Gasteiger partial charge in [-0.15, -0.1) is 0 Å². The van der Waals surface area contributed by atoms with Crippen molar-refractivity contribution in [3.05, 3.63) is 53.9 Å². The maximum Gasteiger partial charge on any atom is 0.222 e. The number of aliphatic hydroxyl groups excluding tert-OH is 1. The van der Waals surface area contributed by atoms with Gasteiger partial charge < -0.3 is 25.6 Å². The van der Waals surface area contributed by atoms with Gasteiger partial charge in [0.05, 0.1) is 13.2 Å². The smallest absolute Gasteiger partial charge is 0.222 e. The van der Waals surface area contributed by atoms with Crippen molar-refractivity contribution in [3.8, 4) is 11.5 Å². The maximum absolute atomic E-state index is 12.3. The number of aromatic nitrogens is 1. The topological polar surface area (TPSA) is 107 Å². The molecule has 4 N–H and O–H groups in total. The Bertz CT molecular complexity index is 907. The van der Waals surface area contributed by atoms with Crippen LogP contribution in [0.5, 0.6) is 11.5 Å². The van der Waals surface area contributed by atoms with Crippen molar-refractivity contribution in [1.29, 1.82) is 0 Å². The molecule has 36 heavy (non-hydrogen) atoms. The van der Waals surface area contributed by atoms with Crippen LogP contribution in [-0.4, -0.2) is 41.8 Å². The molecule has 0 aliphatic carbocycles. The zero-order valence-electron chi connectivity index (χ0n) is 22.6. The Hall–Kier alpha value is -2.64. The predicted molar refractivity (Wildman–Crippen MR) is 144 cm³/mol. The average Bonchev–Trinajstić information content (AvgIpc) is 2.87. The molecule has 1 amide bonds. The van der Waals surface area contributed by atoms with Crippen molar-refractivity contribution < 1.29 is 19.4 Å². The van der Waals surface area contributed by atoms with Gasteiger partial charge in [-0.05, 0) is 72.9 Å². The minimum atomic E-state index is -0.728. The number of ether oxygens (including phenoxy) is 2. The molecule has 0 spiro atoms. The summed E-state index contributed by atoms with van der Waals surface area (Å²) in [7, 11) is 1.64. The van der Waals surface area contributed by atoms with Crippen LogP contribution in [0.25, 0.3) is 0 Å². The highest BCUT2D eigenvalue weighted by Crippen LogP contribution is 2.32. The monoisotopic (exact) mass is 499 g/mol. The Balaban J connectivity index is 1.99. The second-order valence-electron chi connectivity index (χ2n) is 10.1. The molecule has 0 unspecified atom stereocenters. The molecule has 7 nitrogen and oxygen atoms in total. The van der Waals surface area contributed by atoms with Crippen LogP contribution < -0.4 is 20.5 Å². The van der Waals surface area contributed by atoms with Crippen LogP contribution in [0.4, 0.5) is 0 Å². The number of nitrogens with zero attached hydrogens (tertiary/aromatic N) is 1. The van der Waals surface area contributed by atoms with Gasteiger partial charge in [0.1, 0.15) is 6.61 Å². The summed E-state index contributed by atoms with van der Waals surface area (Å²) in [5, 5.41) is 13.7. The van der Waals surface area contributed by atoms with Gasteiger partial charge in [-0.2, -0.15) is 0 Å². The fourth-order valence-electron chi connectivity index (χ4n) is 4.21. The number of carbonyl (C=O) groups excluding carboxylic acids is 1. The van der Waals surface area contributed by atoms with Gasteiger partial charge in [0, 0.05) is 30.9 Å². The molecule has 7 heteroatoms. The number of methoxy groups -OCH3 is 1. The number of nitrogens with one attached hydrogen (secondary N) is 1. The van der Waals surface area contributed by atoms with Crippen LogP contribution in [0.15, 0.2) is 42.7 Å². The molecule has 1 heterocycles. The first-order valence-corrected chi connectivity index (χ1v) is 13.1. The number of hydrogen-bond donors (Lipinski definition) is 3. The minimum absolute atomic E-state index is 0.0207. The van der Waals surface area contributed by atoms with Gasteiger partial charge in [0.25, 0.3) is 0 Å². The largest absolute Gasteiger partial charge is 0.493 e. The molecular weight excluding hydrogens is 454 g/mol. The molecule has 2 aromatic rings. The molecule has 0 bridgehead atoms. The number of pyridine rings is 1. The lowest BCUT2D eigenvalue weighted by molar-refractivity contribution is -0.125. The predicted octanol–water partition coefficient (Wildman–Crippen LogP) is 4.50. The highest BCUT2D eigenvalue weighted by atomic mass is 16.5. The van der Waals surface area contributed by atoms with Gasteiger partial charge in [-0.25, -0.2) is 0 Å². The second kappa shape index (κ2) is 15.5. The first kappa shape index (κ1) is 29.6. The summed E-state index contributed by atoms with van der Waals surface area (Å²) in [6.07, 6.45) is 6.59. The van der Waals surface area contributed by atoms with Crippen molar-refractivity contribution in [2.75, 3.05) is 13.7 Å². The van der Waals surface area contributed by atoms with Gasteiger partial charge >= 0.3 is 0 Å². The van der Waals surface area contributed by atoms with Crippen LogP contribution in [0, 0.1) is 17.8 Å². The number of aliphatic hydroxyl groups is 1. The molecule has 0 saturated carbocycles. The number of amides is 1. The van der Waals surface area contributed by atoms with E-state index in [-0.39, 0.29) is 17.7 Å². The molecule has 0 fully saturated rings. The number of benzene rings is 1. The summed E-state index contributed by atoms with van der Waals surface area (Å²) < 4.78 is 11.6. The van der Waals surface area contributed by atoms with Crippen LogP contribution in [0.1, 0.15) is 64.5 Å². The van der Waals surface area contributed by atoms with Crippen LogP contribution in [0.2, 0.25) is 0 Å². The lowest BCUT2D eigenvalue weighted by Crippen LogP contribution is -2.41. The first-order chi connectivity index (χ1) is 17.2. The number of hydrogen-bond acceptors (Lipinski definition) is 6. The van der Waals surface area contributed by atoms with E-state index in [0.717, 1.165) is 30.4 Å². The third kappa shape index (κ3) is 9.78. The normalized spacial score (nSPS) is 14.7. The molecule has 1 aromatic heterocycles. The van der Waals surface area contributed by atoms with Gasteiger partial charge in [0.2, 0.25) is 5.91 Å². The molecule has 0 aliphatic rings. The van der Waals surface area contributed by atoms with Crippen molar-refractivity contribution in [2.45, 2.75) is 78.6 Å². The Morgan fingerprint density at radius 2 is 1.81 bits per heavy atom. The van der Waals surface area contributed by atoms with Gasteiger partial charge in [0.15, 0.2) is 11.5 Å². The van der Waals surface area contributed by atoms with E-state index in [1.807, 2.05) is 31.2 Å². The number of unbranched alkanes of at least 4 members (excludes halogenated alkanes) is 1. The van der Waals surface area contributed by atoms with E-state index >= 15 is 0 Å². The Labute approximate surface area is 216 Å². The SMILES string of the molecule is CCCCNC(=O)[C@H](C)C[C@H](O)[C@@H](N)C[C@H](Cc1ccc(OC)c(OCc2ccncc2)c1)C(C)C. The summed E-state index contributed by atoms with van der Waals surface area (Å²) >= 11 is 0. The third-order valence-electron chi connectivity index (χ3n) is 6.75. The van der Waals surface area contributed by atoms with Crippen molar-refractivity contribution in [3.63, 3.8) is 0 Å². The zero-order valence-corrected chi connectivity index (χ0v) is 22.6. The molecule has 0 aliphatic heterocycles. The fraction of sp³-hybridized carbons (Fsp3) is 0.586. The van der Waals surface area contributed by atoms with Crippen LogP contribution in [-0.2, 0) is 17.8 Å². The average molecular weight is 500 g/mol. The number of carbonyl (C=O) groups is 1. The fourth-order valence-corrected chi connectivity index (χ4v) is 4.21. The zero-order chi connectivity index (χ0) is 26.5. The lowest BCUT2D eigenvalue weighted by Gasteiger charge is -2.28. The van der Waals surface area contributed by atoms with Gasteiger partial charge in [-0.1, -0.05) is 40.2 Å². The molecule has 0 radical (unpaired) electrons. The van der Waals surface area contributed by atoms with Crippen LogP contribution in [0.3, 0.4) is 0 Å². The first-order valence-electron chi connectivity index (χ1n) is 13.1. The molecule has 4 atom stereocenters. The summed E-state index contributed by atoms with van der Waals surface area (Å²) in [4.78, 5) is 16.3. The summed E-state index contributed by atoms with van der Waals surface area (Å²) in [6, 6.07) is 9.46. The van der Waals surface area contributed by atoms with E-state index in [9.17, 15) is 9.90 Å². The van der Waals surface area contributed by atoms with E-state index < -0.39 is 12.1 Å². The van der Waals surface area contributed by atoms with E-state index in [4.69, 9.17) is 15.2 Å². The van der Waals surface area contributed by atoms with Gasteiger partial charge in [-0.3, -0.25) is 9.78 Å². The molecule has 0 saturated heterocycles. The molecular formula is C29H45N3O4. The Kier molecular flexibility index (Phi) is 12.7. The third-order valence-corrected chi connectivity index (χ3v) is 6.75. The molecule has 1 aromatic carbocycles. The highest BCUT2D eigenvalue weighted by Gasteiger charge is 2.26. The summed E-state index contributed by atoms with van der Waals surface area (Å²) in [5.74, 6) is 1.73.